The second-order valence-electron chi connectivity index (χ2n) is 17.5. The van der Waals surface area contributed by atoms with E-state index in [2.05, 4.69) is 75.5 Å². The van der Waals surface area contributed by atoms with Crippen LogP contribution in [0.15, 0.2) is 60.8 Å². The molecule has 6 nitrogen and oxygen atoms in total. The zero-order valence-corrected chi connectivity index (χ0v) is 40.9. The normalized spacial score (nSPS) is 12.5. The fraction of sp³-hybridized carbons (Fsp3) is 0.768. The largest absolute Gasteiger partial charge is 0.462 e. The Labute approximate surface area is 383 Å². The number of ether oxygens (including phenoxy) is 3. The van der Waals surface area contributed by atoms with Crippen molar-refractivity contribution in [2.45, 2.75) is 264 Å². The molecule has 1 unspecified atom stereocenters. The molecule has 0 spiro atoms. The van der Waals surface area contributed by atoms with E-state index in [1.807, 2.05) is 6.08 Å². The molecule has 0 aromatic rings. The Bertz CT molecular complexity index is 1130. The minimum Gasteiger partial charge on any atom is -0.462 e. The van der Waals surface area contributed by atoms with Gasteiger partial charge in [0.15, 0.2) is 6.10 Å². The third kappa shape index (κ3) is 48.1. The van der Waals surface area contributed by atoms with Crippen LogP contribution in [0.3, 0.4) is 0 Å². The Morgan fingerprint density at radius 2 is 0.661 bits per heavy atom. The number of allylic oxidation sites excluding steroid dienone is 10. The van der Waals surface area contributed by atoms with Crippen molar-refractivity contribution in [1.29, 1.82) is 0 Å². The Hall–Kier alpha value is -2.89. The van der Waals surface area contributed by atoms with E-state index in [-0.39, 0.29) is 37.5 Å². The van der Waals surface area contributed by atoms with Gasteiger partial charge in [-0.15, -0.1) is 0 Å². The summed E-state index contributed by atoms with van der Waals surface area (Å²) in [5, 5.41) is 0. The fourth-order valence-electron chi connectivity index (χ4n) is 7.24. The number of esters is 3. The molecule has 0 radical (unpaired) electrons. The second kappa shape index (κ2) is 50.8. The molecule has 0 bridgehead atoms. The predicted octanol–water partition coefficient (Wildman–Crippen LogP) is 17.3. The van der Waals surface area contributed by atoms with Crippen LogP contribution in [0.2, 0.25) is 0 Å². The van der Waals surface area contributed by atoms with Crippen LogP contribution in [0.1, 0.15) is 258 Å². The van der Waals surface area contributed by atoms with Crippen molar-refractivity contribution >= 4 is 17.9 Å². The van der Waals surface area contributed by atoms with Crippen molar-refractivity contribution in [2.24, 2.45) is 0 Å². The summed E-state index contributed by atoms with van der Waals surface area (Å²) in [7, 11) is 0. The molecule has 0 fully saturated rings. The third-order valence-electron chi connectivity index (χ3n) is 11.3. The smallest absolute Gasteiger partial charge is 0.306 e. The maximum Gasteiger partial charge on any atom is 0.306 e. The molecule has 358 valence electrons. The van der Waals surface area contributed by atoms with E-state index in [0.717, 1.165) is 70.6 Å². The highest BCUT2D eigenvalue weighted by atomic mass is 16.6. The highest BCUT2D eigenvalue weighted by molar-refractivity contribution is 5.71. The monoisotopic (exact) mass is 867 g/mol. The standard InChI is InChI=1S/C56H98O6/c1-4-7-10-13-16-19-22-25-27-29-31-34-37-40-43-46-49-55(58)61-52-53(51-60-54(57)48-45-42-39-36-33-30-24-21-18-15-12-9-6-3)62-56(59)50-47-44-41-38-35-32-28-26-23-20-17-14-11-8-5-2/h17,20,23,26-27,29-30,33,39,42,53H,4-16,18-19,21-22,24-25,28,31-32,34-38,40-41,43-52H2,1-3H3/b20-17+,26-23+,29-27+,33-30+,42-39+. The highest BCUT2D eigenvalue weighted by Gasteiger charge is 2.19. The van der Waals surface area contributed by atoms with Crippen LogP contribution in [0, 0.1) is 0 Å². The summed E-state index contributed by atoms with van der Waals surface area (Å²) in [6.07, 6.45) is 62.1. The van der Waals surface area contributed by atoms with Crippen molar-refractivity contribution in [3.05, 3.63) is 60.8 Å². The second-order valence-corrected chi connectivity index (χ2v) is 17.5. The van der Waals surface area contributed by atoms with Crippen molar-refractivity contribution in [3.8, 4) is 0 Å². The quantitative estimate of drug-likeness (QED) is 0.0199. The lowest BCUT2D eigenvalue weighted by Gasteiger charge is -2.18. The number of hydrogen-bond acceptors (Lipinski definition) is 6. The molecule has 62 heavy (non-hydrogen) atoms. The van der Waals surface area contributed by atoms with Gasteiger partial charge >= 0.3 is 17.9 Å². The van der Waals surface area contributed by atoms with Gasteiger partial charge in [-0.2, -0.15) is 0 Å². The topological polar surface area (TPSA) is 78.9 Å². The lowest BCUT2D eigenvalue weighted by molar-refractivity contribution is -0.166. The predicted molar refractivity (Wildman–Crippen MR) is 265 cm³/mol. The summed E-state index contributed by atoms with van der Waals surface area (Å²) < 4.78 is 16.7. The van der Waals surface area contributed by atoms with Crippen LogP contribution >= 0.6 is 0 Å². The molecule has 0 N–H and O–H groups in total. The first kappa shape index (κ1) is 59.1. The van der Waals surface area contributed by atoms with Crippen LogP contribution in [-0.2, 0) is 28.6 Å². The van der Waals surface area contributed by atoms with Crippen LogP contribution in [-0.4, -0.2) is 37.2 Å². The van der Waals surface area contributed by atoms with Crippen LogP contribution in [0.5, 0.6) is 0 Å². The van der Waals surface area contributed by atoms with Gasteiger partial charge in [0, 0.05) is 19.3 Å². The Kier molecular flexibility index (Phi) is 48.4. The Morgan fingerprint density at radius 1 is 0.339 bits per heavy atom. The Morgan fingerprint density at radius 3 is 1.13 bits per heavy atom. The van der Waals surface area contributed by atoms with Crippen molar-refractivity contribution < 1.29 is 28.6 Å². The zero-order valence-electron chi connectivity index (χ0n) is 40.9. The molecule has 0 saturated heterocycles. The molecule has 0 saturated carbocycles. The number of carbonyl (C=O) groups excluding carboxylic acids is 3. The summed E-state index contributed by atoms with van der Waals surface area (Å²) in [6, 6.07) is 0. The molecule has 6 heteroatoms. The van der Waals surface area contributed by atoms with Crippen LogP contribution in [0.25, 0.3) is 0 Å². The fourth-order valence-corrected chi connectivity index (χ4v) is 7.24. The minimum absolute atomic E-state index is 0.100. The van der Waals surface area contributed by atoms with Gasteiger partial charge in [0.05, 0.1) is 0 Å². The molecule has 0 aliphatic carbocycles. The van der Waals surface area contributed by atoms with Gasteiger partial charge in [0.2, 0.25) is 0 Å². The first-order valence-corrected chi connectivity index (χ1v) is 26.3. The van der Waals surface area contributed by atoms with E-state index in [4.69, 9.17) is 14.2 Å². The molecule has 0 rings (SSSR count). The number of carbonyl (C=O) groups is 3. The van der Waals surface area contributed by atoms with E-state index < -0.39 is 6.10 Å². The molecule has 0 amide bonds. The average Bonchev–Trinajstić information content (AvgIpc) is 3.27. The molecule has 0 aliphatic rings. The van der Waals surface area contributed by atoms with E-state index in [9.17, 15) is 14.4 Å². The van der Waals surface area contributed by atoms with Crippen LogP contribution in [0.4, 0.5) is 0 Å². The number of rotatable bonds is 47. The van der Waals surface area contributed by atoms with Gasteiger partial charge in [-0.25, -0.2) is 0 Å². The van der Waals surface area contributed by atoms with Gasteiger partial charge < -0.3 is 14.2 Å². The van der Waals surface area contributed by atoms with Crippen molar-refractivity contribution in [3.63, 3.8) is 0 Å². The molecule has 0 aromatic carbocycles. The van der Waals surface area contributed by atoms with Crippen molar-refractivity contribution in [2.75, 3.05) is 13.2 Å². The van der Waals surface area contributed by atoms with Gasteiger partial charge in [-0.3, -0.25) is 14.4 Å². The average molecular weight is 867 g/mol. The van der Waals surface area contributed by atoms with E-state index in [1.54, 1.807) is 0 Å². The number of hydrogen-bond donors (Lipinski definition) is 0. The maximum absolute atomic E-state index is 12.8. The molecular formula is C56H98O6. The summed E-state index contributed by atoms with van der Waals surface area (Å²) in [5.41, 5.74) is 0. The lowest BCUT2D eigenvalue weighted by Crippen LogP contribution is -2.30. The molecule has 0 heterocycles. The van der Waals surface area contributed by atoms with Crippen LogP contribution < -0.4 is 0 Å². The van der Waals surface area contributed by atoms with Gasteiger partial charge in [0.1, 0.15) is 13.2 Å². The lowest BCUT2D eigenvalue weighted by atomic mass is 10.1. The van der Waals surface area contributed by atoms with Gasteiger partial charge in [-0.1, -0.05) is 210 Å². The van der Waals surface area contributed by atoms with Crippen molar-refractivity contribution in [1.82, 2.24) is 0 Å². The summed E-state index contributed by atoms with van der Waals surface area (Å²) in [5.74, 6) is -0.986. The molecular weight excluding hydrogens is 769 g/mol. The number of unbranched alkanes of at least 4 members (excludes halogenated alkanes) is 27. The van der Waals surface area contributed by atoms with Gasteiger partial charge in [-0.05, 0) is 89.9 Å². The van der Waals surface area contributed by atoms with Gasteiger partial charge in [0.25, 0.3) is 0 Å². The molecule has 1 atom stereocenters. The first-order valence-electron chi connectivity index (χ1n) is 26.3. The van der Waals surface area contributed by atoms with E-state index in [0.29, 0.717) is 19.3 Å². The molecule has 0 aliphatic heterocycles. The molecule has 0 aromatic heterocycles. The summed E-state index contributed by atoms with van der Waals surface area (Å²) in [6.45, 7) is 6.53. The third-order valence-corrected chi connectivity index (χ3v) is 11.3. The first-order chi connectivity index (χ1) is 30.5. The highest BCUT2D eigenvalue weighted by Crippen LogP contribution is 2.14. The summed E-state index contributed by atoms with van der Waals surface area (Å²) in [4.78, 5) is 37.9. The Balaban J connectivity index is 4.46. The zero-order chi connectivity index (χ0) is 45.1. The SMILES string of the molecule is CCCCC/C=C/C=C/CCCCCCCCC(=O)OC(COC(=O)CC/C=C/C/C=C/CCCCCCCC)COC(=O)CCCCCCC/C=C/CCCCCCCCC. The minimum atomic E-state index is -0.805. The van der Waals surface area contributed by atoms with E-state index in [1.165, 1.54) is 141 Å². The van der Waals surface area contributed by atoms with E-state index >= 15 is 0 Å². The summed E-state index contributed by atoms with van der Waals surface area (Å²) >= 11 is 0. The maximum atomic E-state index is 12.8.